The SMILES string of the molecule is Cc1ccc2c(c1)c1cc(C(F)(F)F)ccc1n2-c1cccc(C(C)(C)c2cc(C#N)n[nH]2)n1. The summed E-state index contributed by atoms with van der Waals surface area (Å²) < 4.78 is 42.2. The van der Waals surface area contributed by atoms with Gasteiger partial charge in [-0.25, -0.2) is 4.98 Å². The Balaban J connectivity index is 1.74. The maximum atomic E-state index is 13.5. The van der Waals surface area contributed by atoms with Crippen molar-refractivity contribution in [3.05, 3.63) is 88.9 Å². The van der Waals surface area contributed by atoms with E-state index < -0.39 is 17.2 Å². The minimum Gasteiger partial charge on any atom is -0.294 e. The first-order valence-corrected chi connectivity index (χ1v) is 10.7. The standard InChI is InChI=1S/C26H20F3N5/c1-15-7-9-20-18(11-15)19-12-16(26(27,28)29)8-10-21(19)34(20)24-6-4-5-22(31-24)25(2,3)23-13-17(14-30)32-33-23/h4-13H,1-3H3,(H,32,33). The fourth-order valence-electron chi connectivity index (χ4n) is 4.29. The van der Waals surface area contributed by atoms with Crippen LogP contribution in [0.5, 0.6) is 0 Å². The van der Waals surface area contributed by atoms with Gasteiger partial charge in [-0.2, -0.15) is 23.5 Å². The maximum Gasteiger partial charge on any atom is 0.416 e. The van der Waals surface area contributed by atoms with Crippen molar-refractivity contribution in [3.63, 3.8) is 0 Å². The second kappa shape index (κ2) is 7.45. The quantitative estimate of drug-likeness (QED) is 0.338. The summed E-state index contributed by atoms with van der Waals surface area (Å²) in [5.41, 5.74) is 2.86. The zero-order valence-electron chi connectivity index (χ0n) is 18.7. The number of fused-ring (bicyclic) bond motifs is 3. The molecule has 34 heavy (non-hydrogen) atoms. The van der Waals surface area contributed by atoms with Crippen molar-refractivity contribution in [2.45, 2.75) is 32.4 Å². The lowest BCUT2D eigenvalue weighted by Crippen LogP contribution is -2.22. The topological polar surface area (TPSA) is 70.3 Å². The molecule has 0 amide bonds. The minimum atomic E-state index is -4.43. The molecule has 8 heteroatoms. The highest BCUT2D eigenvalue weighted by Gasteiger charge is 2.31. The summed E-state index contributed by atoms with van der Waals surface area (Å²) in [4.78, 5) is 4.90. The number of H-pyrrole nitrogens is 1. The number of aromatic nitrogens is 4. The molecule has 0 atom stereocenters. The average molecular weight is 459 g/mol. The predicted octanol–water partition coefficient (Wildman–Crippen LogP) is 6.43. The van der Waals surface area contributed by atoms with Gasteiger partial charge in [0.05, 0.1) is 22.3 Å². The molecule has 5 nitrogen and oxygen atoms in total. The normalized spacial score (nSPS) is 12.4. The Morgan fingerprint density at radius 1 is 0.941 bits per heavy atom. The van der Waals surface area contributed by atoms with Gasteiger partial charge in [-0.15, -0.1) is 0 Å². The van der Waals surface area contributed by atoms with E-state index in [9.17, 15) is 13.2 Å². The largest absolute Gasteiger partial charge is 0.416 e. The Bertz CT molecular complexity index is 1600. The van der Waals surface area contributed by atoms with Crippen LogP contribution < -0.4 is 0 Å². The molecule has 5 rings (SSSR count). The van der Waals surface area contributed by atoms with E-state index in [1.54, 1.807) is 6.07 Å². The van der Waals surface area contributed by atoms with Gasteiger partial charge in [0.15, 0.2) is 5.69 Å². The fraction of sp³-hybridized carbons (Fsp3) is 0.192. The number of nitriles is 1. The van der Waals surface area contributed by atoms with Gasteiger partial charge in [0.1, 0.15) is 11.9 Å². The third kappa shape index (κ3) is 3.41. The van der Waals surface area contributed by atoms with E-state index in [1.807, 2.05) is 67.8 Å². The first-order valence-electron chi connectivity index (χ1n) is 10.7. The van der Waals surface area contributed by atoms with Crippen molar-refractivity contribution in [2.75, 3.05) is 0 Å². The van der Waals surface area contributed by atoms with Gasteiger partial charge >= 0.3 is 6.18 Å². The number of pyridine rings is 1. The van der Waals surface area contributed by atoms with E-state index in [-0.39, 0.29) is 5.69 Å². The van der Waals surface area contributed by atoms with Gasteiger partial charge in [-0.1, -0.05) is 17.7 Å². The first kappa shape index (κ1) is 21.7. The molecule has 3 heterocycles. The number of halogens is 3. The van der Waals surface area contributed by atoms with Gasteiger partial charge in [0, 0.05) is 21.9 Å². The molecule has 2 aromatic carbocycles. The number of benzene rings is 2. The molecule has 0 aliphatic rings. The molecule has 0 aliphatic heterocycles. The monoisotopic (exact) mass is 459 g/mol. The summed E-state index contributed by atoms with van der Waals surface area (Å²) in [6, 6.07) is 18.9. The number of nitrogens with one attached hydrogen (secondary N) is 1. The lowest BCUT2D eigenvalue weighted by molar-refractivity contribution is -0.137. The van der Waals surface area contributed by atoms with Gasteiger partial charge in [-0.3, -0.25) is 9.67 Å². The molecule has 0 radical (unpaired) electrons. The molecular weight excluding hydrogens is 439 g/mol. The second-order valence-electron chi connectivity index (χ2n) is 8.87. The summed E-state index contributed by atoms with van der Waals surface area (Å²) in [5.74, 6) is 0.592. The first-order chi connectivity index (χ1) is 16.1. The van der Waals surface area contributed by atoms with Crippen LogP contribution in [0, 0.1) is 18.3 Å². The zero-order chi connectivity index (χ0) is 24.3. The Labute approximate surface area is 193 Å². The molecule has 1 N–H and O–H groups in total. The number of aryl methyl sites for hydroxylation is 1. The molecule has 0 aliphatic carbocycles. The lowest BCUT2D eigenvalue weighted by Gasteiger charge is -2.23. The van der Waals surface area contributed by atoms with E-state index in [4.69, 9.17) is 10.2 Å². The fourth-order valence-corrected chi connectivity index (χ4v) is 4.29. The van der Waals surface area contributed by atoms with Crippen LogP contribution in [0.4, 0.5) is 13.2 Å². The smallest absolute Gasteiger partial charge is 0.294 e. The second-order valence-corrected chi connectivity index (χ2v) is 8.87. The number of hydrogen-bond donors (Lipinski definition) is 1. The van der Waals surface area contributed by atoms with Crippen LogP contribution in [-0.4, -0.2) is 19.7 Å². The molecule has 0 unspecified atom stereocenters. The number of alkyl halides is 3. The van der Waals surface area contributed by atoms with Crippen molar-refractivity contribution in [1.82, 2.24) is 19.7 Å². The molecule has 170 valence electrons. The number of nitrogens with zero attached hydrogens (tertiary/aromatic N) is 4. The van der Waals surface area contributed by atoms with E-state index in [0.29, 0.717) is 16.7 Å². The molecule has 5 aromatic rings. The molecule has 3 aromatic heterocycles. The molecular formula is C26H20F3N5. The van der Waals surface area contributed by atoms with Crippen LogP contribution in [0.1, 0.15) is 42.1 Å². The van der Waals surface area contributed by atoms with Gasteiger partial charge in [0.25, 0.3) is 0 Å². The number of hydrogen-bond acceptors (Lipinski definition) is 3. The zero-order valence-corrected chi connectivity index (χ0v) is 18.7. The third-order valence-corrected chi connectivity index (χ3v) is 6.22. The van der Waals surface area contributed by atoms with Gasteiger partial charge in [-0.05, 0) is 69.3 Å². The van der Waals surface area contributed by atoms with E-state index in [2.05, 4.69) is 10.2 Å². The van der Waals surface area contributed by atoms with Crippen molar-refractivity contribution < 1.29 is 13.2 Å². The van der Waals surface area contributed by atoms with Gasteiger partial charge in [0.2, 0.25) is 0 Å². The molecule has 0 saturated carbocycles. The van der Waals surface area contributed by atoms with Crippen LogP contribution in [0.3, 0.4) is 0 Å². The minimum absolute atomic E-state index is 0.289. The molecule has 0 spiro atoms. The van der Waals surface area contributed by atoms with Gasteiger partial charge < -0.3 is 0 Å². The molecule has 0 fully saturated rings. The highest BCUT2D eigenvalue weighted by Crippen LogP contribution is 2.38. The van der Waals surface area contributed by atoms with E-state index in [0.717, 1.165) is 33.9 Å². The maximum absolute atomic E-state index is 13.5. The Kier molecular flexibility index (Phi) is 4.76. The third-order valence-electron chi connectivity index (χ3n) is 6.22. The van der Waals surface area contributed by atoms with Crippen molar-refractivity contribution >= 4 is 21.8 Å². The summed E-state index contributed by atoms with van der Waals surface area (Å²) in [5, 5.41) is 17.3. The molecule has 0 saturated heterocycles. The number of aromatic amines is 1. The van der Waals surface area contributed by atoms with E-state index >= 15 is 0 Å². The van der Waals surface area contributed by atoms with Crippen LogP contribution in [0.25, 0.3) is 27.6 Å². The van der Waals surface area contributed by atoms with Crippen molar-refractivity contribution in [3.8, 4) is 11.9 Å². The Morgan fingerprint density at radius 3 is 2.32 bits per heavy atom. The van der Waals surface area contributed by atoms with Crippen LogP contribution >= 0.6 is 0 Å². The average Bonchev–Trinajstić information content (AvgIpc) is 3.41. The van der Waals surface area contributed by atoms with E-state index in [1.165, 1.54) is 12.1 Å². The summed E-state index contributed by atoms with van der Waals surface area (Å²) in [6.45, 7) is 5.86. The van der Waals surface area contributed by atoms with Crippen LogP contribution in [-0.2, 0) is 11.6 Å². The summed E-state index contributed by atoms with van der Waals surface area (Å²) >= 11 is 0. The van der Waals surface area contributed by atoms with Crippen molar-refractivity contribution in [2.24, 2.45) is 0 Å². The molecule has 0 bridgehead atoms. The Morgan fingerprint density at radius 2 is 1.65 bits per heavy atom. The Hall–Kier alpha value is -4.12. The number of rotatable bonds is 3. The predicted molar refractivity (Wildman–Crippen MR) is 124 cm³/mol. The summed E-state index contributed by atoms with van der Waals surface area (Å²) in [6.07, 6.45) is -4.43. The highest BCUT2D eigenvalue weighted by atomic mass is 19.4. The van der Waals surface area contributed by atoms with Crippen LogP contribution in [0.2, 0.25) is 0 Å². The highest BCUT2D eigenvalue weighted by molar-refractivity contribution is 6.09. The van der Waals surface area contributed by atoms with Crippen LogP contribution in [0.15, 0.2) is 60.7 Å². The summed E-state index contributed by atoms with van der Waals surface area (Å²) in [7, 11) is 0. The van der Waals surface area contributed by atoms with Crippen molar-refractivity contribution in [1.29, 1.82) is 5.26 Å². The lowest BCUT2D eigenvalue weighted by atomic mass is 9.85.